The van der Waals surface area contributed by atoms with Gasteiger partial charge >= 0.3 is 5.97 Å². The first kappa shape index (κ1) is 16.8. The van der Waals surface area contributed by atoms with Crippen LogP contribution in [0.25, 0.3) is 6.08 Å². The molecule has 23 heavy (non-hydrogen) atoms. The zero-order valence-electron chi connectivity index (χ0n) is 12.1. The van der Waals surface area contributed by atoms with Crippen molar-refractivity contribution in [2.24, 2.45) is 0 Å². The molecule has 0 spiro atoms. The highest BCUT2D eigenvalue weighted by Crippen LogP contribution is 2.22. The molecule has 0 atom stereocenters. The lowest BCUT2D eigenvalue weighted by Gasteiger charge is -2.07. The van der Waals surface area contributed by atoms with Crippen LogP contribution < -0.4 is 5.32 Å². The van der Waals surface area contributed by atoms with Gasteiger partial charge in [-0.25, -0.2) is 9.18 Å². The van der Waals surface area contributed by atoms with E-state index in [4.69, 9.17) is 20.8 Å². The minimum Gasteiger partial charge on any atom is -0.462 e. The minimum absolute atomic E-state index is 0.0535. The van der Waals surface area contributed by atoms with Crippen molar-refractivity contribution >= 4 is 35.2 Å². The summed E-state index contributed by atoms with van der Waals surface area (Å²) in [5.41, 5.74) is 0.232. The number of furan rings is 1. The normalized spacial score (nSPS) is 10.7. The first-order valence-electron chi connectivity index (χ1n) is 6.60. The van der Waals surface area contributed by atoms with Gasteiger partial charge in [-0.15, -0.1) is 0 Å². The Morgan fingerprint density at radius 1 is 1.35 bits per heavy atom. The molecule has 0 aliphatic heterocycles. The van der Waals surface area contributed by atoms with Crippen molar-refractivity contribution in [2.75, 3.05) is 11.9 Å². The van der Waals surface area contributed by atoms with Gasteiger partial charge in [-0.3, -0.25) is 4.79 Å². The minimum atomic E-state index is -0.695. The van der Waals surface area contributed by atoms with Crippen molar-refractivity contribution in [1.82, 2.24) is 0 Å². The van der Waals surface area contributed by atoms with Gasteiger partial charge in [0.15, 0.2) is 6.61 Å². The first-order chi connectivity index (χ1) is 10.9. The van der Waals surface area contributed by atoms with E-state index in [0.717, 1.165) is 18.2 Å². The Morgan fingerprint density at radius 3 is 2.78 bits per heavy atom. The van der Waals surface area contributed by atoms with Crippen LogP contribution in [0.5, 0.6) is 0 Å². The number of hydrogen-bond acceptors (Lipinski definition) is 4. The molecule has 2 aromatic rings. The van der Waals surface area contributed by atoms with Gasteiger partial charge in [0.25, 0.3) is 5.91 Å². The van der Waals surface area contributed by atoms with Gasteiger partial charge in [-0.1, -0.05) is 11.6 Å². The summed E-state index contributed by atoms with van der Waals surface area (Å²) in [6, 6.07) is 6.99. The van der Waals surface area contributed by atoms with Gasteiger partial charge in [0.05, 0.1) is 10.7 Å². The molecule has 1 heterocycles. The lowest BCUT2D eigenvalue weighted by Crippen LogP contribution is -2.20. The summed E-state index contributed by atoms with van der Waals surface area (Å²) < 4.78 is 22.9. The van der Waals surface area contributed by atoms with Crippen LogP contribution in [0.15, 0.2) is 40.8 Å². The predicted molar refractivity (Wildman–Crippen MR) is 83.5 cm³/mol. The third kappa shape index (κ3) is 5.27. The quantitative estimate of drug-likeness (QED) is 0.669. The highest BCUT2D eigenvalue weighted by Gasteiger charge is 2.09. The van der Waals surface area contributed by atoms with E-state index < -0.39 is 24.3 Å². The van der Waals surface area contributed by atoms with Crippen molar-refractivity contribution in [3.63, 3.8) is 0 Å². The number of aryl methyl sites for hydroxylation is 1. The largest absolute Gasteiger partial charge is 0.462 e. The second-order valence-corrected chi connectivity index (χ2v) is 4.97. The number of nitrogens with one attached hydrogen (secondary N) is 1. The Kier molecular flexibility index (Phi) is 5.54. The molecule has 0 saturated carbocycles. The molecular weight excluding hydrogens is 325 g/mol. The van der Waals surface area contributed by atoms with E-state index >= 15 is 0 Å². The second-order valence-electron chi connectivity index (χ2n) is 4.56. The van der Waals surface area contributed by atoms with Gasteiger partial charge in [0.2, 0.25) is 0 Å². The fourth-order valence-electron chi connectivity index (χ4n) is 1.66. The van der Waals surface area contributed by atoms with Gasteiger partial charge in [-0.05, 0) is 43.3 Å². The molecule has 0 saturated heterocycles. The van der Waals surface area contributed by atoms with Gasteiger partial charge in [-0.2, -0.15) is 0 Å². The number of ether oxygens (including phenoxy) is 1. The van der Waals surface area contributed by atoms with E-state index in [-0.39, 0.29) is 10.7 Å². The molecular formula is C16H13ClFNO4. The van der Waals surface area contributed by atoms with Crippen LogP contribution in [0.2, 0.25) is 5.02 Å². The summed E-state index contributed by atoms with van der Waals surface area (Å²) in [6.45, 7) is 1.29. The SMILES string of the molecule is Cc1ccc(/C=C\C(=O)OCC(=O)Nc2ccc(F)cc2Cl)o1. The highest BCUT2D eigenvalue weighted by atomic mass is 35.5. The third-order valence-corrected chi connectivity index (χ3v) is 3.01. The van der Waals surface area contributed by atoms with Crippen LogP contribution in [-0.2, 0) is 14.3 Å². The van der Waals surface area contributed by atoms with Crippen molar-refractivity contribution < 1.29 is 23.1 Å². The number of hydrogen-bond donors (Lipinski definition) is 1. The molecule has 1 N–H and O–H groups in total. The zero-order valence-corrected chi connectivity index (χ0v) is 12.9. The lowest BCUT2D eigenvalue weighted by atomic mass is 10.3. The number of anilines is 1. The van der Waals surface area contributed by atoms with E-state index in [1.54, 1.807) is 19.1 Å². The maximum absolute atomic E-state index is 12.9. The molecule has 0 aliphatic rings. The lowest BCUT2D eigenvalue weighted by molar-refractivity contribution is -0.142. The van der Waals surface area contributed by atoms with Crippen molar-refractivity contribution in [3.05, 3.63) is 58.8 Å². The Balaban J connectivity index is 1.81. The Bertz CT molecular complexity index is 754. The summed E-state index contributed by atoms with van der Waals surface area (Å²) in [4.78, 5) is 23.1. The monoisotopic (exact) mass is 337 g/mol. The topological polar surface area (TPSA) is 68.5 Å². The predicted octanol–water partition coefficient (Wildman–Crippen LogP) is 3.58. The molecule has 0 radical (unpaired) electrons. The average molecular weight is 338 g/mol. The van der Waals surface area contributed by atoms with E-state index in [1.807, 2.05) is 0 Å². The maximum atomic E-state index is 12.9. The van der Waals surface area contributed by atoms with E-state index in [0.29, 0.717) is 11.5 Å². The molecule has 120 valence electrons. The Labute approximate surface area is 136 Å². The number of rotatable bonds is 5. The maximum Gasteiger partial charge on any atom is 0.331 e. The van der Waals surface area contributed by atoms with E-state index in [1.165, 1.54) is 12.1 Å². The average Bonchev–Trinajstić information content (AvgIpc) is 2.91. The number of carbonyl (C=O) groups excluding carboxylic acids is 2. The van der Waals surface area contributed by atoms with Crippen LogP contribution in [0, 0.1) is 12.7 Å². The first-order valence-corrected chi connectivity index (χ1v) is 6.98. The zero-order chi connectivity index (χ0) is 16.8. The number of carbonyl (C=O) groups is 2. The second kappa shape index (κ2) is 7.60. The number of esters is 1. The molecule has 7 heteroatoms. The molecule has 5 nitrogen and oxygen atoms in total. The van der Waals surface area contributed by atoms with Crippen molar-refractivity contribution in [3.8, 4) is 0 Å². The molecule has 0 bridgehead atoms. The van der Waals surface area contributed by atoms with Crippen molar-refractivity contribution in [1.29, 1.82) is 0 Å². The van der Waals surface area contributed by atoms with Gasteiger partial charge in [0, 0.05) is 6.08 Å². The van der Waals surface area contributed by atoms with Crippen LogP contribution in [0.3, 0.4) is 0 Å². The third-order valence-electron chi connectivity index (χ3n) is 2.70. The van der Waals surface area contributed by atoms with Crippen molar-refractivity contribution in [2.45, 2.75) is 6.92 Å². The summed E-state index contributed by atoms with van der Waals surface area (Å²) in [6.07, 6.45) is 2.58. The molecule has 1 aromatic heterocycles. The molecule has 0 aliphatic carbocycles. The van der Waals surface area contributed by atoms with Crippen LogP contribution in [-0.4, -0.2) is 18.5 Å². The smallest absolute Gasteiger partial charge is 0.331 e. The fraction of sp³-hybridized carbons (Fsp3) is 0.125. The van der Waals surface area contributed by atoms with Crippen LogP contribution >= 0.6 is 11.6 Å². The van der Waals surface area contributed by atoms with Gasteiger partial charge < -0.3 is 14.5 Å². The summed E-state index contributed by atoms with van der Waals surface area (Å²) in [5.74, 6) is -0.582. The van der Waals surface area contributed by atoms with E-state index in [2.05, 4.69) is 5.32 Å². The number of halogens is 2. The molecule has 1 aromatic carbocycles. The molecule has 0 fully saturated rings. The standard InChI is InChI=1S/C16H13ClFNO4/c1-10-2-4-12(23-10)5-7-16(21)22-9-15(20)19-14-6-3-11(18)8-13(14)17/h2-8H,9H2,1H3,(H,19,20)/b7-5-. The molecule has 2 rings (SSSR count). The Morgan fingerprint density at radius 2 is 2.13 bits per heavy atom. The Hall–Kier alpha value is -2.60. The summed E-state index contributed by atoms with van der Waals surface area (Å²) >= 11 is 5.77. The highest BCUT2D eigenvalue weighted by molar-refractivity contribution is 6.33. The molecule has 1 amide bonds. The van der Waals surface area contributed by atoms with Crippen LogP contribution in [0.4, 0.5) is 10.1 Å². The number of amides is 1. The fourth-order valence-corrected chi connectivity index (χ4v) is 1.87. The number of benzene rings is 1. The van der Waals surface area contributed by atoms with Crippen LogP contribution in [0.1, 0.15) is 11.5 Å². The van der Waals surface area contributed by atoms with Gasteiger partial charge in [0.1, 0.15) is 17.3 Å². The molecule has 0 unspecified atom stereocenters. The summed E-state index contributed by atoms with van der Waals surface area (Å²) in [5, 5.41) is 2.47. The van der Waals surface area contributed by atoms with E-state index in [9.17, 15) is 14.0 Å². The summed E-state index contributed by atoms with van der Waals surface area (Å²) in [7, 11) is 0.